The summed E-state index contributed by atoms with van der Waals surface area (Å²) in [6, 6.07) is 16.1. The maximum absolute atomic E-state index is 13.1. The molecule has 0 atom stereocenters. The standard InChI is InChI=1S/C27H22Cl2N2O3S2/c1-15-9-16(2)25(17(3)10-15)30-24(32)14-34-20-6-4-5-18(11-20)12-23-26(33)31(27(35)36-23)19-7-8-21(28)22(29)13-19/h4-13H,14H2,1-3H3,(H,30,32)/b23-12-. The first-order chi connectivity index (χ1) is 17.1. The summed E-state index contributed by atoms with van der Waals surface area (Å²) in [6.45, 7) is 5.80. The first kappa shape index (κ1) is 26.2. The number of nitrogens with zero attached hydrogens (tertiary/aromatic N) is 1. The summed E-state index contributed by atoms with van der Waals surface area (Å²) in [6.07, 6.45) is 1.74. The van der Waals surface area contributed by atoms with E-state index in [0.29, 0.717) is 30.7 Å². The Morgan fingerprint density at radius 3 is 2.47 bits per heavy atom. The number of rotatable bonds is 6. The van der Waals surface area contributed by atoms with Crippen LogP contribution < -0.4 is 15.0 Å². The molecular weight excluding hydrogens is 535 g/mol. The third kappa shape index (κ3) is 5.93. The minimum absolute atomic E-state index is 0.143. The van der Waals surface area contributed by atoms with Crippen LogP contribution in [0.15, 0.2) is 59.5 Å². The van der Waals surface area contributed by atoms with Gasteiger partial charge in [0.25, 0.3) is 11.8 Å². The molecule has 0 saturated carbocycles. The van der Waals surface area contributed by atoms with E-state index >= 15 is 0 Å². The van der Waals surface area contributed by atoms with Crippen LogP contribution in [0.2, 0.25) is 10.0 Å². The molecule has 1 fully saturated rings. The summed E-state index contributed by atoms with van der Waals surface area (Å²) in [5.41, 5.74) is 5.24. The Morgan fingerprint density at radius 2 is 1.78 bits per heavy atom. The quantitative estimate of drug-likeness (QED) is 0.254. The van der Waals surface area contributed by atoms with Crippen molar-refractivity contribution >= 4 is 80.8 Å². The second kappa shape index (κ2) is 11.0. The number of thiocarbonyl (C=S) groups is 1. The van der Waals surface area contributed by atoms with Gasteiger partial charge in [-0.1, -0.05) is 77.0 Å². The molecule has 9 heteroatoms. The van der Waals surface area contributed by atoms with Crippen LogP contribution in [0.5, 0.6) is 5.75 Å². The third-order valence-corrected chi connectivity index (χ3v) is 7.46. The molecule has 1 aliphatic heterocycles. The number of carbonyl (C=O) groups is 2. The number of amides is 2. The second-order valence-corrected chi connectivity index (χ2v) is 10.8. The third-order valence-electron chi connectivity index (χ3n) is 5.42. The number of ether oxygens (including phenoxy) is 1. The molecule has 4 rings (SSSR count). The van der Waals surface area contributed by atoms with Gasteiger partial charge in [0.1, 0.15) is 5.75 Å². The molecule has 36 heavy (non-hydrogen) atoms. The molecule has 184 valence electrons. The van der Waals surface area contributed by atoms with Crippen LogP contribution in [0, 0.1) is 20.8 Å². The number of halogens is 2. The molecular formula is C27H22Cl2N2O3S2. The molecule has 0 spiro atoms. The van der Waals surface area contributed by atoms with Crippen LogP contribution in [0.3, 0.4) is 0 Å². The van der Waals surface area contributed by atoms with Crippen molar-refractivity contribution in [2.45, 2.75) is 20.8 Å². The van der Waals surface area contributed by atoms with Crippen molar-refractivity contribution in [3.05, 3.63) is 91.8 Å². The van der Waals surface area contributed by atoms with Gasteiger partial charge >= 0.3 is 0 Å². The minimum atomic E-state index is -0.252. The average molecular weight is 558 g/mol. The predicted octanol–water partition coefficient (Wildman–Crippen LogP) is 7.34. The zero-order chi connectivity index (χ0) is 26.0. The summed E-state index contributed by atoms with van der Waals surface area (Å²) in [5, 5.41) is 3.67. The van der Waals surface area contributed by atoms with Gasteiger partial charge in [0, 0.05) is 5.69 Å². The SMILES string of the molecule is Cc1cc(C)c(NC(=O)COc2cccc(/C=C3\SC(=S)N(c4ccc(Cl)c(Cl)c4)C3=O)c2)c(C)c1. The molecule has 5 nitrogen and oxygen atoms in total. The van der Waals surface area contributed by atoms with Gasteiger partial charge in [-0.15, -0.1) is 0 Å². The molecule has 3 aromatic rings. The first-order valence-corrected chi connectivity index (χ1v) is 12.9. The monoisotopic (exact) mass is 556 g/mol. The maximum atomic E-state index is 13.1. The Balaban J connectivity index is 1.44. The van der Waals surface area contributed by atoms with Crippen molar-refractivity contribution in [1.82, 2.24) is 0 Å². The van der Waals surface area contributed by atoms with E-state index in [1.807, 2.05) is 39.0 Å². The molecule has 0 radical (unpaired) electrons. The van der Waals surface area contributed by atoms with Gasteiger partial charge in [-0.2, -0.15) is 0 Å². The van der Waals surface area contributed by atoms with Crippen LogP contribution in [0.1, 0.15) is 22.3 Å². The lowest BCUT2D eigenvalue weighted by Crippen LogP contribution is -2.27. The Morgan fingerprint density at radius 1 is 1.06 bits per heavy atom. The Bertz CT molecular complexity index is 1400. The molecule has 0 unspecified atom stereocenters. The molecule has 0 bridgehead atoms. The van der Waals surface area contributed by atoms with Crippen molar-refractivity contribution in [3.8, 4) is 5.75 Å². The van der Waals surface area contributed by atoms with E-state index in [9.17, 15) is 9.59 Å². The molecule has 2 amide bonds. The van der Waals surface area contributed by atoms with E-state index in [1.54, 1.807) is 42.5 Å². The van der Waals surface area contributed by atoms with E-state index in [1.165, 1.54) is 16.7 Å². The Hall–Kier alpha value is -2.84. The number of carbonyl (C=O) groups excluding carboxylic acids is 2. The van der Waals surface area contributed by atoms with Crippen molar-refractivity contribution < 1.29 is 14.3 Å². The number of hydrogen-bond acceptors (Lipinski definition) is 5. The number of nitrogens with one attached hydrogen (secondary N) is 1. The lowest BCUT2D eigenvalue weighted by atomic mass is 10.1. The summed E-state index contributed by atoms with van der Waals surface area (Å²) < 4.78 is 6.11. The summed E-state index contributed by atoms with van der Waals surface area (Å²) in [5.74, 6) is 0.00657. The highest BCUT2D eigenvalue weighted by molar-refractivity contribution is 8.27. The highest BCUT2D eigenvalue weighted by Gasteiger charge is 2.33. The zero-order valence-electron chi connectivity index (χ0n) is 19.7. The van der Waals surface area contributed by atoms with Gasteiger partial charge < -0.3 is 10.1 Å². The van der Waals surface area contributed by atoms with Crippen LogP contribution in [-0.4, -0.2) is 22.7 Å². The van der Waals surface area contributed by atoms with Crippen LogP contribution in [-0.2, 0) is 9.59 Å². The first-order valence-electron chi connectivity index (χ1n) is 11.0. The summed E-state index contributed by atoms with van der Waals surface area (Å²) in [7, 11) is 0. The molecule has 1 heterocycles. The number of thioether (sulfide) groups is 1. The van der Waals surface area contributed by atoms with Crippen molar-refractivity contribution in [3.63, 3.8) is 0 Å². The fourth-order valence-corrected chi connectivity index (χ4v) is 5.45. The molecule has 0 aliphatic carbocycles. The number of anilines is 2. The van der Waals surface area contributed by atoms with E-state index in [0.717, 1.165) is 27.9 Å². The molecule has 1 aliphatic rings. The number of benzene rings is 3. The van der Waals surface area contributed by atoms with E-state index in [4.69, 9.17) is 40.2 Å². The molecule has 1 saturated heterocycles. The molecule has 3 aromatic carbocycles. The van der Waals surface area contributed by atoms with Crippen LogP contribution in [0.25, 0.3) is 6.08 Å². The molecule has 0 aromatic heterocycles. The van der Waals surface area contributed by atoms with Crippen molar-refractivity contribution in [2.75, 3.05) is 16.8 Å². The van der Waals surface area contributed by atoms with E-state index in [-0.39, 0.29) is 18.4 Å². The largest absolute Gasteiger partial charge is 0.484 e. The normalized spacial score (nSPS) is 14.5. The zero-order valence-corrected chi connectivity index (χ0v) is 22.9. The van der Waals surface area contributed by atoms with Gasteiger partial charge in [-0.3, -0.25) is 14.5 Å². The maximum Gasteiger partial charge on any atom is 0.270 e. The Kier molecular flexibility index (Phi) is 8.05. The van der Waals surface area contributed by atoms with Crippen molar-refractivity contribution in [1.29, 1.82) is 0 Å². The van der Waals surface area contributed by atoms with Crippen LogP contribution in [0.4, 0.5) is 11.4 Å². The Labute approximate surface area is 229 Å². The minimum Gasteiger partial charge on any atom is -0.484 e. The van der Waals surface area contributed by atoms with E-state index < -0.39 is 0 Å². The molecule has 1 N–H and O–H groups in total. The topological polar surface area (TPSA) is 58.6 Å². The summed E-state index contributed by atoms with van der Waals surface area (Å²) in [4.78, 5) is 27.4. The predicted molar refractivity (Wildman–Crippen MR) is 153 cm³/mol. The van der Waals surface area contributed by atoms with Crippen molar-refractivity contribution in [2.24, 2.45) is 0 Å². The van der Waals surface area contributed by atoms with Gasteiger partial charge in [-0.25, -0.2) is 0 Å². The van der Waals surface area contributed by atoms with Gasteiger partial charge in [-0.05, 0) is 73.9 Å². The average Bonchev–Trinajstić information content (AvgIpc) is 3.09. The fraction of sp³-hybridized carbons (Fsp3) is 0.148. The highest BCUT2D eigenvalue weighted by Crippen LogP contribution is 2.38. The van der Waals surface area contributed by atoms with Gasteiger partial charge in [0.2, 0.25) is 0 Å². The fourth-order valence-electron chi connectivity index (χ4n) is 3.86. The summed E-state index contributed by atoms with van der Waals surface area (Å²) >= 11 is 18.7. The van der Waals surface area contributed by atoms with Crippen LogP contribution >= 0.6 is 47.2 Å². The highest BCUT2D eigenvalue weighted by atomic mass is 35.5. The lowest BCUT2D eigenvalue weighted by molar-refractivity contribution is -0.118. The lowest BCUT2D eigenvalue weighted by Gasteiger charge is -2.15. The van der Waals surface area contributed by atoms with Gasteiger partial charge in [0.05, 0.1) is 20.6 Å². The van der Waals surface area contributed by atoms with E-state index in [2.05, 4.69) is 5.32 Å². The smallest absolute Gasteiger partial charge is 0.270 e. The number of hydrogen-bond donors (Lipinski definition) is 1. The van der Waals surface area contributed by atoms with Gasteiger partial charge in [0.15, 0.2) is 10.9 Å². The second-order valence-electron chi connectivity index (χ2n) is 8.30. The number of aryl methyl sites for hydroxylation is 3.